The lowest BCUT2D eigenvalue weighted by Crippen LogP contribution is -2.52. The van der Waals surface area contributed by atoms with Crippen molar-refractivity contribution in [2.45, 2.75) is 92.9 Å². The van der Waals surface area contributed by atoms with Crippen molar-refractivity contribution >= 4 is 5.78 Å². The van der Waals surface area contributed by atoms with E-state index in [9.17, 15) is 4.79 Å². The molecule has 0 amide bonds. The van der Waals surface area contributed by atoms with Crippen LogP contribution >= 0.6 is 0 Å². The van der Waals surface area contributed by atoms with Crippen molar-refractivity contribution in [3.05, 3.63) is 23.8 Å². The summed E-state index contributed by atoms with van der Waals surface area (Å²) >= 11 is 0. The Labute approximate surface area is 179 Å². The van der Waals surface area contributed by atoms with E-state index in [-0.39, 0.29) is 5.41 Å². The second kappa shape index (κ2) is 7.69. The van der Waals surface area contributed by atoms with E-state index in [0.717, 1.165) is 23.7 Å². The Morgan fingerprint density at radius 3 is 2.48 bits per heavy atom. The number of carbonyl (C=O) groups excluding carboxylic acids is 1. The predicted molar refractivity (Wildman–Crippen MR) is 123 cm³/mol. The largest absolute Gasteiger partial charge is 0.295 e. The van der Waals surface area contributed by atoms with Crippen LogP contribution in [-0.4, -0.2) is 5.78 Å². The second-order valence-electron chi connectivity index (χ2n) is 12.1. The summed E-state index contributed by atoms with van der Waals surface area (Å²) in [4.78, 5) is 13.4. The molecule has 4 rings (SSSR count). The zero-order chi connectivity index (χ0) is 21.0. The monoisotopic (exact) mass is 396 g/mol. The smallest absolute Gasteiger partial charge is 0.159 e. The molecule has 1 nitrogen and oxygen atoms in total. The maximum atomic E-state index is 13.4. The maximum absolute atomic E-state index is 13.4. The minimum Gasteiger partial charge on any atom is -0.295 e. The normalized spacial score (nSPS) is 43.4. The number of fused-ring (bicyclic) bond motifs is 5. The van der Waals surface area contributed by atoms with Crippen molar-refractivity contribution in [2.75, 3.05) is 0 Å². The van der Waals surface area contributed by atoms with Gasteiger partial charge in [0.05, 0.1) is 0 Å². The van der Waals surface area contributed by atoms with Crippen LogP contribution in [0, 0.1) is 52.3 Å². The molecule has 0 aliphatic heterocycles. The van der Waals surface area contributed by atoms with E-state index in [2.05, 4.69) is 59.8 Å². The van der Waals surface area contributed by atoms with E-state index < -0.39 is 0 Å². The molecule has 1 heteroatoms. The first-order valence-corrected chi connectivity index (χ1v) is 12.6. The zero-order valence-corrected chi connectivity index (χ0v) is 19.8. The molecule has 0 saturated heterocycles. The van der Waals surface area contributed by atoms with E-state index in [4.69, 9.17) is 0 Å². The third-order valence-corrected chi connectivity index (χ3v) is 10.5. The zero-order valence-electron chi connectivity index (χ0n) is 19.8. The lowest BCUT2D eigenvalue weighted by atomic mass is 9.47. The lowest BCUT2D eigenvalue weighted by molar-refractivity contribution is -0.133. The molecule has 0 aromatic rings. The highest BCUT2D eigenvalue weighted by molar-refractivity contribution is 5.95. The second-order valence-corrected chi connectivity index (χ2v) is 12.1. The van der Waals surface area contributed by atoms with Crippen molar-refractivity contribution in [3.63, 3.8) is 0 Å². The van der Waals surface area contributed by atoms with Crippen LogP contribution in [0.25, 0.3) is 0 Å². The fraction of sp³-hybridized carbons (Fsp3) is 0.821. The molecule has 29 heavy (non-hydrogen) atoms. The minimum atomic E-state index is 0.241. The van der Waals surface area contributed by atoms with Gasteiger partial charge in [-0.3, -0.25) is 4.79 Å². The van der Waals surface area contributed by atoms with Crippen molar-refractivity contribution in [3.8, 4) is 0 Å². The Morgan fingerprint density at radius 2 is 1.76 bits per heavy atom. The number of hydrogen-bond donors (Lipinski definition) is 0. The molecule has 162 valence electrons. The van der Waals surface area contributed by atoms with Crippen LogP contribution in [0.4, 0.5) is 0 Å². The summed E-state index contributed by atoms with van der Waals surface area (Å²) in [6.07, 6.45) is 17.0. The summed E-state index contributed by atoms with van der Waals surface area (Å²) in [5, 5.41) is 0. The van der Waals surface area contributed by atoms with Gasteiger partial charge in [-0.2, -0.15) is 0 Å². The molecule has 8 atom stereocenters. The van der Waals surface area contributed by atoms with Gasteiger partial charge in [0.2, 0.25) is 0 Å². The predicted octanol–water partition coefficient (Wildman–Crippen LogP) is 7.62. The molecule has 2 saturated carbocycles. The van der Waals surface area contributed by atoms with Crippen molar-refractivity contribution < 1.29 is 4.79 Å². The van der Waals surface area contributed by atoms with Gasteiger partial charge in [0, 0.05) is 5.92 Å². The molecule has 0 aromatic carbocycles. The third kappa shape index (κ3) is 3.39. The minimum absolute atomic E-state index is 0.241. The Balaban J connectivity index is 1.54. The summed E-state index contributed by atoms with van der Waals surface area (Å²) in [5.74, 6) is 5.16. The van der Waals surface area contributed by atoms with E-state index in [1.807, 2.05) is 0 Å². The van der Waals surface area contributed by atoms with Crippen LogP contribution < -0.4 is 0 Å². The Morgan fingerprint density at radius 1 is 1.00 bits per heavy atom. The summed E-state index contributed by atoms with van der Waals surface area (Å²) < 4.78 is 0. The molecule has 4 aliphatic rings. The first kappa shape index (κ1) is 21.4. The number of ketones is 1. The maximum Gasteiger partial charge on any atom is 0.159 e. The first-order chi connectivity index (χ1) is 13.7. The van der Waals surface area contributed by atoms with Crippen LogP contribution in [-0.2, 0) is 4.79 Å². The highest BCUT2D eigenvalue weighted by Gasteiger charge is 2.60. The Hall–Kier alpha value is -0.850. The fourth-order valence-corrected chi connectivity index (χ4v) is 8.08. The van der Waals surface area contributed by atoms with Gasteiger partial charge in [0.15, 0.2) is 5.78 Å². The van der Waals surface area contributed by atoms with Gasteiger partial charge in [0.25, 0.3) is 0 Å². The van der Waals surface area contributed by atoms with Gasteiger partial charge in [-0.25, -0.2) is 0 Å². The number of hydrogen-bond acceptors (Lipinski definition) is 1. The molecule has 8 unspecified atom stereocenters. The van der Waals surface area contributed by atoms with Crippen molar-refractivity contribution in [1.29, 1.82) is 0 Å². The Bertz CT molecular complexity index is 699. The molecule has 0 bridgehead atoms. The fourth-order valence-electron chi connectivity index (χ4n) is 8.08. The van der Waals surface area contributed by atoms with Crippen LogP contribution in [0.5, 0.6) is 0 Å². The highest BCUT2D eigenvalue weighted by atomic mass is 16.1. The molecule has 0 N–H and O–H groups in total. The number of rotatable bonds is 5. The van der Waals surface area contributed by atoms with Crippen LogP contribution in [0.2, 0.25) is 0 Å². The summed E-state index contributed by atoms with van der Waals surface area (Å²) in [7, 11) is 0. The SMILES string of the molecule is CC(C)C(C)CCC(C)C1CCC2C3C(=O)C=C4C=CCCC4(C)C3CCC12C. The van der Waals surface area contributed by atoms with Gasteiger partial charge < -0.3 is 0 Å². The van der Waals surface area contributed by atoms with Crippen LogP contribution in [0.15, 0.2) is 23.8 Å². The van der Waals surface area contributed by atoms with E-state index in [1.54, 1.807) is 0 Å². The summed E-state index contributed by atoms with van der Waals surface area (Å²) in [6.45, 7) is 14.7. The average molecular weight is 397 g/mol. The molecular formula is C28H44O. The van der Waals surface area contributed by atoms with Crippen molar-refractivity contribution in [1.82, 2.24) is 0 Å². The average Bonchev–Trinajstić information content (AvgIpc) is 3.03. The van der Waals surface area contributed by atoms with E-state index >= 15 is 0 Å². The van der Waals surface area contributed by atoms with Crippen LogP contribution in [0.3, 0.4) is 0 Å². The van der Waals surface area contributed by atoms with Gasteiger partial charge in [-0.05, 0) is 96.5 Å². The Kier molecular flexibility index (Phi) is 5.67. The van der Waals surface area contributed by atoms with Gasteiger partial charge >= 0.3 is 0 Å². The van der Waals surface area contributed by atoms with Crippen LogP contribution in [0.1, 0.15) is 92.9 Å². The number of allylic oxidation sites excluding steroid dienone is 4. The first-order valence-electron chi connectivity index (χ1n) is 12.6. The van der Waals surface area contributed by atoms with Gasteiger partial charge in [0.1, 0.15) is 0 Å². The summed E-state index contributed by atoms with van der Waals surface area (Å²) in [6, 6.07) is 0. The van der Waals surface area contributed by atoms with E-state index in [0.29, 0.717) is 29.0 Å². The molecule has 2 fully saturated rings. The topological polar surface area (TPSA) is 17.1 Å². The van der Waals surface area contributed by atoms with Gasteiger partial charge in [-0.15, -0.1) is 0 Å². The highest BCUT2D eigenvalue weighted by Crippen LogP contribution is 2.66. The molecule has 0 radical (unpaired) electrons. The molecule has 0 heterocycles. The summed E-state index contributed by atoms with van der Waals surface area (Å²) in [5.41, 5.74) is 1.96. The third-order valence-electron chi connectivity index (χ3n) is 10.5. The standard InChI is InChI=1S/C28H44O/c1-18(2)19(3)10-11-20(4)22-12-13-23-26-24(14-16-28(22,23)6)27(5)15-8-7-9-21(27)17-25(26)29/h7,9,17-20,22-24,26H,8,10-16H2,1-6H3. The molecule has 0 aromatic heterocycles. The molecule has 0 spiro atoms. The van der Waals surface area contributed by atoms with Gasteiger partial charge in [-0.1, -0.05) is 66.5 Å². The lowest BCUT2D eigenvalue weighted by Gasteiger charge is -2.56. The van der Waals surface area contributed by atoms with Crippen molar-refractivity contribution in [2.24, 2.45) is 52.3 Å². The quantitative estimate of drug-likeness (QED) is 0.467. The molecular weight excluding hydrogens is 352 g/mol. The molecule has 4 aliphatic carbocycles. The van der Waals surface area contributed by atoms with E-state index in [1.165, 1.54) is 56.9 Å². The number of carbonyl (C=O) groups is 1.